The third kappa shape index (κ3) is 4.07. The maximum absolute atomic E-state index is 9.97. The van der Waals surface area contributed by atoms with Crippen molar-refractivity contribution in [3.8, 4) is 5.75 Å². The SMILES string of the molecule is CCCCN(C)C1(c2cccc(O)c2)CCC(N(C)CC)CC1. The van der Waals surface area contributed by atoms with Crippen LogP contribution < -0.4 is 0 Å². The Hall–Kier alpha value is -1.06. The molecule has 0 aromatic heterocycles. The van der Waals surface area contributed by atoms with Gasteiger partial charge < -0.3 is 10.0 Å². The summed E-state index contributed by atoms with van der Waals surface area (Å²) in [6, 6.07) is 8.65. The van der Waals surface area contributed by atoms with Gasteiger partial charge in [0, 0.05) is 11.6 Å². The van der Waals surface area contributed by atoms with E-state index in [0.29, 0.717) is 11.8 Å². The maximum Gasteiger partial charge on any atom is 0.115 e. The lowest BCUT2D eigenvalue weighted by Crippen LogP contribution is -2.49. The molecule has 0 bridgehead atoms. The van der Waals surface area contributed by atoms with Crippen molar-refractivity contribution in [2.45, 2.75) is 64.0 Å². The molecule has 1 aliphatic carbocycles. The summed E-state index contributed by atoms with van der Waals surface area (Å²) in [7, 11) is 4.51. The molecule has 2 rings (SSSR count). The largest absolute Gasteiger partial charge is 0.508 e. The van der Waals surface area contributed by atoms with Crippen molar-refractivity contribution in [3.05, 3.63) is 29.8 Å². The molecule has 0 atom stereocenters. The van der Waals surface area contributed by atoms with Crippen LogP contribution in [0.25, 0.3) is 0 Å². The van der Waals surface area contributed by atoms with Crippen LogP contribution in [0, 0.1) is 0 Å². The van der Waals surface area contributed by atoms with Crippen LogP contribution in [0.3, 0.4) is 0 Å². The van der Waals surface area contributed by atoms with E-state index in [1.54, 1.807) is 6.07 Å². The zero-order valence-electron chi connectivity index (χ0n) is 15.4. The van der Waals surface area contributed by atoms with Gasteiger partial charge in [0.1, 0.15) is 5.75 Å². The van der Waals surface area contributed by atoms with Crippen molar-refractivity contribution in [2.24, 2.45) is 0 Å². The van der Waals surface area contributed by atoms with E-state index >= 15 is 0 Å². The van der Waals surface area contributed by atoms with Crippen molar-refractivity contribution in [3.63, 3.8) is 0 Å². The number of rotatable bonds is 7. The molecule has 23 heavy (non-hydrogen) atoms. The Morgan fingerprint density at radius 1 is 1.17 bits per heavy atom. The Balaban J connectivity index is 2.23. The van der Waals surface area contributed by atoms with Gasteiger partial charge in [0.15, 0.2) is 0 Å². The van der Waals surface area contributed by atoms with Gasteiger partial charge in [-0.3, -0.25) is 4.90 Å². The number of phenols is 1. The molecule has 0 aliphatic heterocycles. The lowest BCUT2D eigenvalue weighted by atomic mass is 9.73. The van der Waals surface area contributed by atoms with E-state index in [1.165, 1.54) is 44.1 Å². The number of hydrogen-bond acceptors (Lipinski definition) is 3. The van der Waals surface area contributed by atoms with E-state index < -0.39 is 0 Å². The highest BCUT2D eigenvalue weighted by molar-refractivity contribution is 5.33. The molecule has 0 amide bonds. The van der Waals surface area contributed by atoms with Gasteiger partial charge in [0.2, 0.25) is 0 Å². The van der Waals surface area contributed by atoms with Crippen molar-refractivity contribution >= 4 is 0 Å². The molecule has 0 unspecified atom stereocenters. The van der Waals surface area contributed by atoms with Crippen molar-refractivity contribution in [1.82, 2.24) is 9.80 Å². The van der Waals surface area contributed by atoms with E-state index in [1.807, 2.05) is 12.1 Å². The Morgan fingerprint density at radius 2 is 1.87 bits per heavy atom. The van der Waals surface area contributed by atoms with Crippen LogP contribution in [-0.4, -0.2) is 48.1 Å². The molecule has 0 spiro atoms. The summed E-state index contributed by atoms with van der Waals surface area (Å²) in [5, 5.41) is 9.97. The van der Waals surface area contributed by atoms with Gasteiger partial charge in [-0.15, -0.1) is 0 Å². The highest BCUT2D eigenvalue weighted by Crippen LogP contribution is 2.43. The Bertz CT molecular complexity index is 480. The second-order valence-electron chi connectivity index (χ2n) is 7.16. The third-order valence-electron chi connectivity index (χ3n) is 5.87. The van der Waals surface area contributed by atoms with Gasteiger partial charge >= 0.3 is 0 Å². The molecular weight excluding hydrogens is 284 g/mol. The first-order valence-electron chi connectivity index (χ1n) is 9.24. The van der Waals surface area contributed by atoms with Crippen LogP contribution >= 0.6 is 0 Å². The molecule has 130 valence electrons. The summed E-state index contributed by atoms with van der Waals surface area (Å²) >= 11 is 0. The van der Waals surface area contributed by atoms with E-state index in [0.717, 1.165) is 13.1 Å². The fourth-order valence-corrected chi connectivity index (χ4v) is 4.07. The lowest BCUT2D eigenvalue weighted by Gasteiger charge is -2.48. The highest BCUT2D eigenvalue weighted by Gasteiger charge is 2.40. The molecule has 0 radical (unpaired) electrons. The fourth-order valence-electron chi connectivity index (χ4n) is 4.07. The molecule has 0 heterocycles. The third-order valence-corrected chi connectivity index (χ3v) is 5.87. The van der Waals surface area contributed by atoms with E-state index in [2.05, 4.69) is 43.8 Å². The molecule has 1 aliphatic rings. The van der Waals surface area contributed by atoms with E-state index in [4.69, 9.17) is 0 Å². The monoisotopic (exact) mass is 318 g/mol. The van der Waals surface area contributed by atoms with Gasteiger partial charge in [0.25, 0.3) is 0 Å². The fraction of sp³-hybridized carbons (Fsp3) is 0.700. The normalized spacial score (nSPS) is 25.2. The average Bonchev–Trinajstić information content (AvgIpc) is 2.59. The standard InChI is InChI=1S/C20H34N2O/c1-5-7-15-22(4)20(17-9-8-10-19(23)16-17)13-11-18(12-14-20)21(3)6-2/h8-10,16,18,23H,5-7,11-15H2,1-4H3. The van der Waals surface area contributed by atoms with Crippen LogP contribution in [0.2, 0.25) is 0 Å². The average molecular weight is 319 g/mol. The molecule has 1 N–H and O–H groups in total. The van der Waals surface area contributed by atoms with Crippen LogP contribution in [0.1, 0.15) is 57.9 Å². The van der Waals surface area contributed by atoms with Crippen LogP contribution in [0.4, 0.5) is 0 Å². The van der Waals surface area contributed by atoms with Crippen LogP contribution in [-0.2, 0) is 5.54 Å². The molecule has 1 saturated carbocycles. The van der Waals surface area contributed by atoms with E-state index in [-0.39, 0.29) is 5.54 Å². The van der Waals surface area contributed by atoms with Crippen molar-refractivity contribution < 1.29 is 5.11 Å². The Kier molecular flexibility index (Phi) is 6.49. The van der Waals surface area contributed by atoms with Gasteiger partial charge in [-0.25, -0.2) is 0 Å². The first-order chi connectivity index (χ1) is 11.0. The Labute approximate surface area is 142 Å². The molecule has 1 aromatic rings. The highest BCUT2D eigenvalue weighted by atomic mass is 16.3. The molecular formula is C20H34N2O. The number of nitrogens with zero attached hydrogens (tertiary/aromatic N) is 2. The smallest absolute Gasteiger partial charge is 0.115 e. The summed E-state index contributed by atoms with van der Waals surface area (Å²) in [5.74, 6) is 0.388. The van der Waals surface area contributed by atoms with Crippen LogP contribution in [0.15, 0.2) is 24.3 Å². The first kappa shape index (κ1) is 18.3. The predicted molar refractivity (Wildman–Crippen MR) is 97.9 cm³/mol. The summed E-state index contributed by atoms with van der Waals surface area (Å²) in [6.07, 6.45) is 7.27. The number of unbranched alkanes of at least 4 members (excludes halogenated alkanes) is 1. The van der Waals surface area contributed by atoms with Gasteiger partial charge in [-0.05, 0) is 77.0 Å². The van der Waals surface area contributed by atoms with Gasteiger partial charge in [-0.2, -0.15) is 0 Å². The van der Waals surface area contributed by atoms with E-state index in [9.17, 15) is 5.11 Å². The molecule has 3 heteroatoms. The van der Waals surface area contributed by atoms with Gasteiger partial charge in [-0.1, -0.05) is 32.4 Å². The minimum absolute atomic E-state index is 0.0823. The number of benzene rings is 1. The number of aromatic hydroxyl groups is 1. The molecule has 0 saturated heterocycles. The topological polar surface area (TPSA) is 26.7 Å². The number of hydrogen-bond donors (Lipinski definition) is 1. The summed E-state index contributed by atoms with van der Waals surface area (Å²) in [6.45, 7) is 6.74. The predicted octanol–water partition coefficient (Wildman–Crippen LogP) is 4.21. The molecule has 1 aromatic carbocycles. The van der Waals surface area contributed by atoms with Crippen LogP contribution in [0.5, 0.6) is 5.75 Å². The minimum Gasteiger partial charge on any atom is -0.508 e. The van der Waals surface area contributed by atoms with Crippen molar-refractivity contribution in [2.75, 3.05) is 27.2 Å². The summed E-state index contributed by atoms with van der Waals surface area (Å²) in [4.78, 5) is 5.03. The second kappa shape index (κ2) is 8.16. The maximum atomic E-state index is 9.97. The first-order valence-corrected chi connectivity index (χ1v) is 9.24. The molecule has 1 fully saturated rings. The quantitative estimate of drug-likeness (QED) is 0.815. The minimum atomic E-state index is 0.0823. The zero-order valence-corrected chi connectivity index (χ0v) is 15.4. The lowest BCUT2D eigenvalue weighted by molar-refractivity contribution is 0.0397. The molecule has 3 nitrogen and oxygen atoms in total. The Morgan fingerprint density at radius 3 is 2.43 bits per heavy atom. The second-order valence-corrected chi connectivity index (χ2v) is 7.16. The zero-order chi connectivity index (χ0) is 16.9. The summed E-state index contributed by atoms with van der Waals surface area (Å²) < 4.78 is 0. The van der Waals surface area contributed by atoms with Gasteiger partial charge in [0.05, 0.1) is 0 Å². The van der Waals surface area contributed by atoms with Crippen molar-refractivity contribution in [1.29, 1.82) is 0 Å². The number of phenolic OH excluding ortho intramolecular Hbond substituents is 1. The summed E-state index contributed by atoms with van der Waals surface area (Å²) in [5.41, 5.74) is 1.37.